The van der Waals surface area contributed by atoms with E-state index in [4.69, 9.17) is 4.74 Å². The molecule has 1 aliphatic carbocycles. The molecule has 0 saturated heterocycles. The highest BCUT2D eigenvalue weighted by atomic mass is 32.2. The lowest BCUT2D eigenvalue weighted by Gasteiger charge is -2.24. The number of benzene rings is 1. The summed E-state index contributed by atoms with van der Waals surface area (Å²) in [6, 6.07) is 9.15. The maximum absolute atomic E-state index is 14.5. The summed E-state index contributed by atoms with van der Waals surface area (Å²) >= 11 is 3.36. The van der Waals surface area contributed by atoms with E-state index in [2.05, 4.69) is 27.6 Å². The van der Waals surface area contributed by atoms with Gasteiger partial charge in [-0.05, 0) is 67.4 Å². The van der Waals surface area contributed by atoms with Gasteiger partial charge >= 0.3 is 0 Å². The first-order valence-electron chi connectivity index (χ1n) is 9.59. The Kier molecular flexibility index (Phi) is 7.44. The number of ether oxygens (including phenoxy) is 1. The van der Waals surface area contributed by atoms with Crippen LogP contribution in [0.5, 0.6) is 0 Å². The minimum absolute atomic E-state index is 0.281. The molecule has 1 amide bonds. The SMILES string of the molecule is C/C=C(OC)\C(NSC1CC1c1cccs1)=C(\Nc1ccc(C)cc1F)N(C)C=O. The minimum Gasteiger partial charge on any atom is -0.495 e. The highest BCUT2D eigenvalue weighted by Gasteiger charge is 2.40. The lowest BCUT2D eigenvalue weighted by atomic mass is 10.2. The van der Waals surface area contributed by atoms with Crippen molar-refractivity contribution >= 4 is 35.4 Å². The smallest absolute Gasteiger partial charge is 0.215 e. The van der Waals surface area contributed by atoms with Gasteiger partial charge in [0, 0.05) is 23.1 Å². The third-order valence-electron chi connectivity index (χ3n) is 4.81. The number of hydrogen-bond acceptors (Lipinski definition) is 6. The minimum atomic E-state index is -0.391. The first-order chi connectivity index (χ1) is 14.5. The number of nitrogens with zero attached hydrogens (tertiary/aromatic N) is 1. The van der Waals surface area contributed by atoms with Gasteiger partial charge in [-0.2, -0.15) is 0 Å². The van der Waals surface area contributed by atoms with Crippen molar-refractivity contribution in [3.05, 3.63) is 75.3 Å². The van der Waals surface area contributed by atoms with Crippen LogP contribution in [0.4, 0.5) is 10.1 Å². The zero-order valence-electron chi connectivity index (χ0n) is 17.4. The van der Waals surface area contributed by atoms with Crippen molar-refractivity contribution < 1.29 is 13.9 Å². The van der Waals surface area contributed by atoms with E-state index in [0.29, 0.717) is 34.9 Å². The van der Waals surface area contributed by atoms with Gasteiger partial charge in [0.1, 0.15) is 23.1 Å². The van der Waals surface area contributed by atoms with Crippen molar-refractivity contribution in [2.24, 2.45) is 0 Å². The Morgan fingerprint density at radius 3 is 2.80 bits per heavy atom. The van der Waals surface area contributed by atoms with Gasteiger partial charge in [-0.15, -0.1) is 11.3 Å². The van der Waals surface area contributed by atoms with Crippen molar-refractivity contribution in [1.82, 2.24) is 9.62 Å². The van der Waals surface area contributed by atoms with E-state index in [1.165, 1.54) is 15.8 Å². The molecular formula is C22H26FN3O2S2. The van der Waals surface area contributed by atoms with Gasteiger partial charge < -0.3 is 19.7 Å². The molecule has 1 aromatic carbocycles. The summed E-state index contributed by atoms with van der Waals surface area (Å²) in [5.74, 6) is 1.09. The highest BCUT2D eigenvalue weighted by Crippen LogP contribution is 2.50. The van der Waals surface area contributed by atoms with Crippen LogP contribution >= 0.6 is 23.3 Å². The number of halogens is 1. The number of carbonyl (C=O) groups excluding carboxylic acids is 1. The molecule has 0 aliphatic heterocycles. The zero-order chi connectivity index (χ0) is 21.7. The van der Waals surface area contributed by atoms with Crippen molar-refractivity contribution in [2.45, 2.75) is 31.4 Å². The molecule has 8 heteroatoms. The van der Waals surface area contributed by atoms with Crippen LogP contribution in [-0.4, -0.2) is 30.7 Å². The van der Waals surface area contributed by atoms with E-state index in [1.807, 2.05) is 19.9 Å². The molecule has 2 atom stereocenters. The predicted octanol–water partition coefficient (Wildman–Crippen LogP) is 5.21. The topological polar surface area (TPSA) is 53.6 Å². The molecule has 0 spiro atoms. The molecule has 0 bridgehead atoms. The first-order valence-corrected chi connectivity index (χ1v) is 11.4. The number of hydrogen-bond donors (Lipinski definition) is 2. The predicted molar refractivity (Wildman–Crippen MR) is 123 cm³/mol. The average Bonchev–Trinajstić information content (AvgIpc) is 3.30. The largest absolute Gasteiger partial charge is 0.495 e. The lowest BCUT2D eigenvalue weighted by molar-refractivity contribution is -0.115. The zero-order valence-corrected chi connectivity index (χ0v) is 19.1. The second kappa shape index (κ2) is 10.0. The average molecular weight is 448 g/mol. The number of thiophene rings is 1. The summed E-state index contributed by atoms with van der Waals surface area (Å²) in [6.07, 6.45) is 3.57. The molecule has 30 heavy (non-hydrogen) atoms. The van der Waals surface area contributed by atoms with Gasteiger partial charge in [-0.3, -0.25) is 4.79 Å². The van der Waals surface area contributed by atoms with Crippen LogP contribution in [0.15, 0.2) is 59.1 Å². The number of aryl methyl sites for hydroxylation is 1. The third kappa shape index (κ3) is 5.17. The van der Waals surface area contributed by atoms with E-state index in [-0.39, 0.29) is 5.69 Å². The molecule has 2 aromatic rings. The Labute approximate surface area is 185 Å². The first kappa shape index (κ1) is 22.2. The Bertz CT molecular complexity index is 944. The van der Waals surface area contributed by atoms with Crippen molar-refractivity contribution in [1.29, 1.82) is 0 Å². The fraction of sp³-hybridized carbons (Fsp3) is 0.318. The number of amides is 1. The second-order valence-electron chi connectivity index (χ2n) is 7.02. The maximum Gasteiger partial charge on any atom is 0.215 e. The van der Waals surface area contributed by atoms with Gasteiger partial charge in [0.05, 0.1) is 12.8 Å². The van der Waals surface area contributed by atoms with Crippen molar-refractivity contribution in [3.63, 3.8) is 0 Å². The molecule has 1 aliphatic rings. The van der Waals surface area contributed by atoms with Crippen LogP contribution in [-0.2, 0) is 9.53 Å². The molecule has 5 nitrogen and oxygen atoms in total. The van der Waals surface area contributed by atoms with E-state index in [1.54, 1.807) is 49.6 Å². The fourth-order valence-electron chi connectivity index (χ4n) is 3.05. The monoisotopic (exact) mass is 447 g/mol. The molecule has 2 unspecified atom stereocenters. The molecule has 1 saturated carbocycles. The van der Waals surface area contributed by atoms with Gasteiger partial charge in [-0.1, -0.05) is 12.1 Å². The fourth-order valence-corrected chi connectivity index (χ4v) is 5.12. The van der Waals surface area contributed by atoms with Crippen molar-refractivity contribution in [3.8, 4) is 0 Å². The molecule has 2 N–H and O–H groups in total. The number of allylic oxidation sites excluding steroid dienone is 1. The molecule has 160 valence electrons. The molecule has 0 radical (unpaired) electrons. The quantitative estimate of drug-likeness (QED) is 0.227. The second-order valence-corrected chi connectivity index (χ2v) is 9.05. The highest BCUT2D eigenvalue weighted by molar-refractivity contribution is 7.98. The van der Waals surface area contributed by atoms with Gasteiger partial charge in [0.2, 0.25) is 6.41 Å². The number of anilines is 1. The Balaban J connectivity index is 1.88. The van der Waals surface area contributed by atoms with Crippen LogP contribution < -0.4 is 10.0 Å². The van der Waals surface area contributed by atoms with E-state index in [0.717, 1.165) is 12.0 Å². The van der Waals surface area contributed by atoms with Crippen LogP contribution in [0.3, 0.4) is 0 Å². The third-order valence-corrected chi connectivity index (χ3v) is 6.96. The summed E-state index contributed by atoms with van der Waals surface area (Å²) in [7, 11) is 3.18. The molecule has 1 aromatic heterocycles. The van der Waals surface area contributed by atoms with E-state index < -0.39 is 5.82 Å². The molecule has 1 heterocycles. The summed E-state index contributed by atoms with van der Waals surface area (Å²) in [4.78, 5) is 14.3. The summed E-state index contributed by atoms with van der Waals surface area (Å²) < 4.78 is 23.4. The lowest BCUT2D eigenvalue weighted by Crippen LogP contribution is -2.28. The van der Waals surface area contributed by atoms with Gasteiger partial charge in [0.25, 0.3) is 0 Å². The van der Waals surface area contributed by atoms with Gasteiger partial charge in [0.15, 0.2) is 0 Å². The van der Waals surface area contributed by atoms with E-state index >= 15 is 0 Å². The maximum atomic E-state index is 14.5. The Hall–Kier alpha value is -2.45. The van der Waals surface area contributed by atoms with Crippen LogP contribution in [0.2, 0.25) is 0 Å². The summed E-state index contributed by atoms with van der Waals surface area (Å²) in [6.45, 7) is 3.68. The molecule has 3 rings (SSSR count). The number of carbonyl (C=O) groups is 1. The normalized spacial score (nSPS) is 19.0. The van der Waals surface area contributed by atoms with Gasteiger partial charge in [-0.25, -0.2) is 4.39 Å². The van der Waals surface area contributed by atoms with Crippen molar-refractivity contribution in [2.75, 3.05) is 19.5 Å². The van der Waals surface area contributed by atoms with Crippen LogP contribution in [0.25, 0.3) is 0 Å². The number of methoxy groups -OCH3 is 1. The summed E-state index contributed by atoms with van der Waals surface area (Å²) in [5, 5.41) is 5.58. The standard InChI is InChI=1S/C22H26FN3O2S2/c1-5-18(28-4)21(25-30-20-12-15(20)19-7-6-10-29-19)22(26(3)13-27)24-17-9-8-14(2)11-16(17)23/h5-11,13,15,20,24-25H,12H2,1-4H3/b18-5+,22-21+. The van der Waals surface area contributed by atoms with Crippen LogP contribution in [0.1, 0.15) is 29.7 Å². The molecule has 1 fully saturated rings. The van der Waals surface area contributed by atoms with E-state index in [9.17, 15) is 9.18 Å². The number of nitrogens with one attached hydrogen (secondary N) is 2. The summed E-state index contributed by atoms with van der Waals surface area (Å²) in [5.41, 5.74) is 1.68. The Morgan fingerprint density at radius 1 is 1.40 bits per heavy atom. The van der Waals surface area contributed by atoms with Crippen LogP contribution in [0, 0.1) is 12.7 Å². The Morgan fingerprint density at radius 2 is 2.20 bits per heavy atom. The molecular weight excluding hydrogens is 421 g/mol. The number of rotatable bonds is 10.